The van der Waals surface area contributed by atoms with E-state index in [2.05, 4.69) is 55.4 Å². The van der Waals surface area contributed by atoms with Crippen molar-refractivity contribution >= 4 is 5.78 Å². The minimum absolute atomic E-state index is 0.00216. The van der Waals surface area contributed by atoms with Crippen molar-refractivity contribution in [2.75, 3.05) is 0 Å². The molecule has 2 N–H and O–H groups in total. The van der Waals surface area contributed by atoms with Crippen LogP contribution in [0.4, 0.5) is 0 Å². The van der Waals surface area contributed by atoms with E-state index in [4.69, 9.17) is 4.74 Å². The van der Waals surface area contributed by atoms with Crippen LogP contribution in [0.5, 0.6) is 0 Å². The fourth-order valence-corrected chi connectivity index (χ4v) is 10.1. The molecule has 5 unspecified atom stereocenters. The van der Waals surface area contributed by atoms with E-state index in [1.54, 1.807) is 0 Å². The summed E-state index contributed by atoms with van der Waals surface area (Å²) in [6, 6.07) is 0. The molecule has 1 heterocycles. The number of aliphatic hydroxyl groups is 2. The lowest BCUT2D eigenvalue weighted by molar-refractivity contribution is -0.208. The Morgan fingerprint density at radius 1 is 1.03 bits per heavy atom. The van der Waals surface area contributed by atoms with Crippen LogP contribution in [0.3, 0.4) is 0 Å². The number of ether oxygens (including phenoxy) is 1. The van der Waals surface area contributed by atoms with Gasteiger partial charge < -0.3 is 14.9 Å². The topological polar surface area (TPSA) is 70.1 Å². The van der Waals surface area contributed by atoms with Crippen molar-refractivity contribution in [3.63, 3.8) is 0 Å². The van der Waals surface area contributed by atoms with Crippen molar-refractivity contribution in [2.24, 2.45) is 39.4 Å². The van der Waals surface area contributed by atoms with Crippen molar-refractivity contribution in [2.45, 2.75) is 131 Å². The lowest BCUT2D eigenvalue weighted by Crippen LogP contribution is -2.65. The van der Waals surface area contributed by atoms with Crippen LogP contribution in [0.2, 0.25) is 0 Å². The Hall–Kier alpha value is -0.710. The third-order valence-electron chi connectivity index (χ3n) is 12.2. The van der Waals surface area contributed by atoms with Gasteiger partial charge in [-0.3, -0.25) is 4.79 Å². The molecule has 5 aliphatic rings. The zero-order chi connectivity index (χ0) is 25.1. The van der Waals surface area contributed by atoms with E-state index < -0.39 is 6.10 Å². The van der Waals surface area contributed by atoms with Crippen LogP contribution in [-0.4, -0.2) is 39.9 Å². The molecule has 4 heteroatoms. The molecule has 4 aliphatic carbocycles. The molecule has 192 valence electrons. The molecule has 4 fully saturated rings. The third-order valence-corrected chi connectivity index (χ3v) is 12.2. The zero-order valence-electron chi connectivity index (χ0n) is 22.8. The van der Waals surface area contributed by atoms with Crippen LogP contribution in [0, 0.1) is 39.4 Å². The second-order valence-corrected chi connectivity index (χ2v) is 14.6. The summed E-state index contributed by atoms with van der Waals surface area (Å²) in [5.74, 6) is 1.28. The van der Waals surface area contributed by atoms with E-state index in [1.165, 1.54) is 11.1 Å². The molecule has 0 aromatic rings. The second kappa shape index (κ2) is 7.42. The number of rotatable bonds is 4. The summed E-state index contributed by atoms with van der Waals surface area (Å²) in [6.45, 7) is 18.0. The van der Waals surface area contributed by atoms with Crippen LogP contribution < -0.4 is 0 Å². The molecule has 1 aliphatic heterocycles. The number of allylic oxidation sites excluding steroid dienone is 1. The molecule has 0 amide bonds. The van der Waals surface area contributed by atoms with Gasteiger partial charge in [-0.05, 0) is 92.8 Å². The van der Waals surface area contributed by atoms with Gasteiger partial charge in [0.25, 0.3) is 0 Å². The highest BCUT2D eigenvalue weighted by atomic mass is 16.6. The van der Waals surface area contributed by atoms with E-state index in [0.717, 1.165) is 44.9 Å². The Bertz CT molecular complexity index is 917. The molecule has 34 heavy (non-hydrogen) atoms. The highest BCUT2D eigenvalue weighted by Gasteiger charge is 2.69. The zero-order valence-corrected chi connectivity index (χ0v) is 22.8. The molecule has 0 spiro atoms. The fourth-order valence-electron chi connectivity index (χ4n) is 10.1. The Labute approximate surface area is 206 Å². The molecule has 0 aromatic carbocycles. The maximum atomic E-state index is 12.9. The number of fused-ring (bicyclic) bond motifs is 5. The van der Waals surface area contributed by atoms with Crippen LogP contribution in [0.15, 0.2) is 11.1 Å². The summed E-state index contributed by atoms with van der Waals surface area (Å²) in [5, 5.41) is 22.6. The molecular formula is C30H48O4. The molecule has 1 saturated heterocycles. The fraction of sp³-hybridized carbons (Fsp3) is 0.900. The standard InChI is InChI=1S/C30H48O4/c1-17(15-21(32)25-27(4,5)34-25)18-9-13-29(7)19(18)16-20(31)24-28(6)12-11-23(33)26(2,3)22(28)10-14-30(24,29)8/h17,20-22,24-25,31-32H,9-16H2,1-8H3/t17?,20?,21?,22?,24-,25?,28-,29-,30-/m0/s1. The second-order valence-electron chi connectivity index (χ2n) is 14.6. The molecule has 0 bridgehead atoms. The number of ketones is 1. The first-order chi connectivity index (χ1) is 15.6. The number of carbonyl (C=O) groups is 1. The molecule has 0 aromatic heterocycles. The molecule has 4 nitrogen and oxygen atoms in total. The van der Waals surface area contributed by atoms with Gasteiger partial charge in [-0.1, -0.05) is 52.7 Å². The first-order valence-corrected chi connectivity index (χ1v) is 13.9. The predicted molar refractivity (Wildman–Crippen MR) is 134 cm³/mol. The van der Waals surface area contributed by atoms with Gasteiger partial charge in [-0.25, -0.2) is 0 Å². The van der Waals surface area contributed by atoms with Crippen LogP contribution in [0.25, 0.3) is 0 Å². The first kappa shape index (κ1) is 25.0. The number of carbonyl (C=O) groups excluding carboxylic acids is 1. The van der Waals surface area contributed by atoms with Gasteiger partial charge in [0.05, 0.1) is 17.8 Å². The van der Waals surface area contributed by atoms with E-state index >= 15 is 0 Å². The number of aliphatic hydroxyl groups excluding tert-OH is 2. The average Bonchev–Trinajstić information content (AvgIpc) is 3.23. The third kappa shape index (κ3) is 3.16. The number of hydrogen-bond acceptors (Lipinski definition) is 4. The van der Waals surface area contributed by atoms with Gasteiger partial charge in [-0.15, -0.1) is 0 Å². The Morgan fingerprint density at radius 2 is 1.68 bits per heavy atom. The van der Waals surface area contributed by atoms with E-state index in [0.29, 0.717) is 24.0 Å². The van der Waals surface area contributed by atoms with Gasteiger partial charge in [-0.2, -0.15) is 0 Å². The predicted octanol–water partition coefficient (Wildman–Crippen LogP) is 5.84. The number of Topliss-reactive ketones (excluding diaryl/α,β-unsaturated/α-hetero) is 1. The van der Waals surface area contributed by atoms with Crippen LogP contribution in [-0.2, 0) is 9.53 Å². The Morgan fingerprint density at radius 3 is 2.29 bits per heavy atom. The SMILES string of the molecule is CC(CC(O)C1OC1(C)C)C1=C2CC(O)[C@H]3[C@@]4(C)CCC(=O)C(C)(C)C4CC[C@]3(C)[C@@]2(C)CC1. The highest BCUT2D eigenvalue weighted by Crippen LogP contribution is 2.74. The molecule has 9 atom stereocenters. The Kier molecular flexibility index (Phi) is 5.44. The smallest absolute Gasteiger partial charge is 0.138 e. The van der Waals surface area contributed by atoms with Crippen molar-refractivity contribution < 1.29 is 19.7 Å². The lowest BCUT2D eigenvalue weighted by atomic mass is 9.36. The van der Waals surface area contributed by atoms with Gasteiger partial charge in [0, 0.05) is 11.8 Å². The minimum Gasteiger partial charge on any atom is -0.392 e. The molecular weight excluding hydrogens is 424 g/mol. The molecule has 3 saturated carbocycles. The molecule has 0 radical (unpaired) electrons. The summed E-state index contributed by atoms with van der Waals surface area (Å²) in [5.41, 5.74) is 2.59. The van der Waals surface area contributed by atoms with Crippen LogP contribution in [0.1, 0.15) is 107 Å². The normalized spacial score (nSPS) is 48.6. The number of epoxide rings is 1. The van der Waals surface area contributed by atoms with Crippen molar-refractivity contribution in [3.05, 3.63) is 11.1 Å². The van der Waals surface area contributed by atoms with Gasteiger partial charge in [0.2, 0.25) is 0 Å². The number of hydrogen-bond donors (Lipinski definition) is 2. The van der Waals surface area contributed by atoms with Crippen molar-refractivity contribution in [3.8, 4) is 0 Å². The lowest BCUT2D eigenvalue weighted by Gasteiger charge is -2.69. The highest BCUT2D eigenvalue weighted by molar-refractivity contribution is 5.85. The quantitative estimate of drug-likeness (QED) is 0.398. The summed E-state index contributed by atoms with van der Waals surface area (Å²) >= 11 is 0. The van der Waals surface area contributed by atoms with Gasteiger partial charge in [0.1, 0.15) is 11.9 Å². The van der Waals surface area contributed by atoms with Crippen molar-refractivity contribution in [1.29, 1.82) is 0 Å². The van der Waals surface area contributed by atoms with E-state index in [1.807, 2.05) is 0 Å². The average molecular weight is 473 g/mol. The molecule has 5 rings (SSSR count). The van der Waals surface area contributed by atoms with E-state index in [-0.39, 0.29) is 45.4 Å². The monoisotopic (exact) mass is 472 g/mol. The van der Waals surface area contributed by atoms with Crippen molar-refractivity contribution in [1.82, 2.24) is 0 Å². The maximum absolute atomic E-state index is 12.9. The minimum atomic E-state index is -0.432. The van der Waals surface area contributed by atoms with Crippen LogP contribution >= 0.6 is 0 Å². The summed E-state index contributed by atoms with van der Waals surface area (Å²) in [7, 11) is 0. The summed E-state index contributed by atoms with van der Waals surface area (Å²) < 4.78 is 5.72. The maximum Gasteiger partial charge on any atom is 0.138 e. The van der Waals surface area contributed by atoms with E-state index in [9.17, 15) is 15.0 Å². The van der Waals surface area contributed by atoms with Gasteiger partial charge in [0.15, 0.2) is 0 Å². The largest absolute Gasteiger partial charge is 0.392 e. The van der Waals surface area contributed by atoms with Gasteiger partial charge >= 0.3 is 0 Å². The first-order valence-electron chi connectivity index (χ1n) is 13.9. The summed E-state index contributed by atoms with van der Waals surface area (Å²) in [4.78, 5) is 12.9. The Balaban J connectivity index is 1.47. The summed E-state index contributed by atoms with van der Waals surface area (Å²) in [6.07, 6.45) is 6.59.